The van der Waals surface area contributed by atoms with Gasteiger partial charge in [0.2, 0.25) is 0 Å². The van der Waals surface area contributed by atoms with Crippen LogP contribution in [-0.4, -0.2) is 17.8 Å². The van der Waals surface area contributed by atoms with Gasteiger partial charge in [-0.3, -0.25) is 4.99 Å². The van der Waals surface area contributed by atoms with Crippen molar-refractivity contribution in [3.63, 3.8) is 0 Å². The first-order chi connectivity index (χ1) is 5.29. The lowest BCUT2D eigenvalue weighted by Gasteiger charge is -1.96. The van der Waals surface area contributed by atoms with E-state index in [9.17, 15) is 0 Å². The molecule has 1 rings (SSSR count). The standard InChI is InChI=1S/C9H12N2/c1-4-9-8(7-10-2)5-6-11(9)3/h4-7H,1H2,2-3H3. The molecule has 0 atom stereocenters. The normalized spacial score (nSPS) is 10.7. The van der Waals surface area contributed by atoms with Crippen LogP contribution in [0.2, 0.25) is 0 Å². The summed E-state index contributed by atoms with van der Waals surface area (Å²) in [6.07, 6.45) is 5.65. The number of rotatable bonds is 2. The summed E-state index contributed by atoms with van der Waals surface area (Å²) in [7, 11) is 3.75. The highest BCUT2D eigenvalue weighted by atomic mass is 14.9. The average molecular weight is 148 g/mol. The summed E-state index contributed by atoms with van der Waals surface area (Å²) in [4.78, 5) is 3.94. The van der Waals surface area contributed by atoms with E-state index in [4.69, 9.17) is 0 Å². The second kappa shape index (κ2) is 3.19. The van der Waals surface area contributed by atoms with Gasteiger partial charge in [-0.1, -0.05) is 6.58 Å². The summed E-state index contributed by atoms with van der Waals surface area (Å²) in [5.74, 6) is 0. The molecular weight excluding hydrogens is 136 g/mol. The largest absolute Gasteiger partial charge is 0.351 e. The maximum atomic E-state index is 3.94. The molecule has 0 radical (unpaired) electrons. The zero-order valence-corrected chi connectivity index (χ0v) is 6.91. The Bertz CT molecular complexity index is 282. The first-order valence-corrected chi connectivity index (χ1v) is 3.49. The van der Waals surface area contributed by atoms with Crippen LogP contribution in [-0.2, 0) is 7.05 Å². The Hall–Kier alpha value is -1.31. The number of hydrogen-bond acceptors (Lipinski definition) is 1. The number of aliphatic imine (C=N–C) groups is 1. The Balaban J connectivity index is 3.15. The molecule has 0 spiro atoms. The van der Waals surface area contributed by atoms with Crippen molar-refractivity contribution in [3.05, 3.63) is 30.1 Å². The summed E-state index contributed by atoms with van der Waals surface area (Å²) in [6.45, 7) is 3.72. The third-order valence-corrected chi connectivity index (χ3v) is 1.61. The van der Waals surface area contributed by atoms with Crippen molar-refractivity contribution < 1.29 is 0 Å². The van der Waals surface area contributed by atoms with Crippen LogP contribution < -0.4 is 0 Å². The van der Waals surface area contributed by atoms with Gasteiger partial charge in [0.05, 0.1) is 0 Å². The van der Waals surface area contributed by atoms with Crippen molar-refractivity contribution in [1.82, 2.24) is 4.57 Å². The van der Waals surface area contributed by atoms with Crippen LogP contribution in [0.3, 0.4) is 0 Å². The number of hydrogen-bond donors (Lipinski definition) is 0. The highest BCUT2D eigenvalue weighted by Gasteiger charge is 1.98. The van der Waals surface area contributed by atoms with Gasteiger partial charge in [0.25, 0.3) is 0 Å². The SMILES string of the molecule is C=Cc1c(C=NC)ccn1C. The van der Waals surface area contributed by atoms with Crippen LogP contribution in [0.15, 0.2) is 23.8 Å². The predicted molar refractivity (Wildman–Crippen MR) is 49.0 cm³/mol. The van der Waals surface area contributed by atoms with E-state index >= 15 is 0 Å². The van der Waals surface area contributed by atoms with E-state index < -0.39 is 0 Å². The summed E-state index contributed by atoms with van der Waals surface area (Å²) in [6, 6.07) is 2.02. The van der Waals surface area contributed by atoms with Crippen LogP contribution in [0, 0.1) is 0 Å². The third-order valence-electron chi connectivity index (χ3n) is 1.61. The Morgan fingerprint density at radius 2 is 2.36 bits per heavy atom. The van der Waals surface area contributed by atoms with Crippen LogP contribution in [0.1, 0.15) is 11.3 Å². The minimum absolute atomic E-state index is 1.11. The maximum absolute atomic E-state index is 3.94. The van der Waals surface area contributed by atoms with Crippen LogP contribution in [0.4, 0.5) is 0 Å². The second-order valence-electron chi connectivity index (χ2n) is 2.36. The van der Waals surface area contributed by atoms with Gasteiger partial charge in [0.15, 0.2) is 0 Å². The molecule has 0 N–H and O–H groups in total. The molecule has 2 nitrogen and oxygen atoms in total. The Morgan fingerprint density at radius 3 is 2.91 bits per heavy atom. The van der Waals surface area contributed by atoms with Crippen molar-refractivity contribution in [2.24, 2.45) is 12.0 Å². The molecule has 0 bridgehead atoms. The van der Waals surface area contributed by atoms with E-state index in [0.29, 0.717) is 0 Å². The monoisotopic (exact) mass is 148 g/mol. The minimum atomic E-state index is 1.11. The lowest BCUT2D eigenvalue weighted by molar-refractivity contribution is 0.914. The van der Waals surface area contributed by atoms with Gasteiger partial charge in [-0.15, -0.1) is 0 Å². The van der Waals surface area contributed by atoms with Crippen LogP contribution in [0.25, 0.3) is 6.08 Å². The van der Waals surface area contributed by atoms with Gasteiger partial charge in [-0.2, -0.15) is 0 Å². The molecule has 1 aromatic heterocycles. The molecule has 0 aliphatic heterocycles. The zero-order valence-electron chi connectivity index (χ0n) is 6.91. The molecule has 0 aromatic carbocycles. The van der Waals surface area contributed by atoms with Gasteiger partial charge in [0, 0.05) is 37.8 Å². The van der Waals surface area contributed by atoms with E-state index in [-0.39, 0.29) is 0 Å². The fourth-order valence-corrected chi connectivity index (χ4v) is 1.07. The molecule has 0 unspecified atom stereocenters. The van der Waals surface area contributed by atoms with Crippen molar-refractivity contribution in [2.75, 3.05) is 7.05 Å². The quantitative estimate of drug-likeness (QED) is 0.568. The second-order valence-corrected chi connectivity index (χ2v) is 2.36. The molecule has 58 valence electrons. The Labute approximate surface area is 66.9 Å². The lowest BCUT2D eigenvalue weighted by Crippen LogP contribution is -1.90. The third kappa shape index (κ3) is 1.40. The van der Waals surface area contributed by atoms with Crippen LogP contribution in [0.5, 0.6) is 0 Å². The molecule has 0 fully saturated rings. The van der Waals surface area contributed by atoms with Gasteiger partial charge >= 0.3 is 0 Å². The first-order valence-electron chi connectivity index (χ1n) is 3.49. The number of aryl methyl sites for hydroxylation is 1. The minimum Gasteiger partial charge on any atom is -0.351 e. The van der Waals surface area contributed by atoms with Gasteiger partial charge in [0.1, 0.15) is 0 Å². The zero-order chi connectivity index (χ0) is 8.27. The van der Waals surface area contributed by atoms with Crippen molar-refractivity contribution in [2.45, 2.75) is 0 Å². The van der Waals surface area contributed by atoms with E-state index in [0.717, 1.165) is 11.3 Å². The highest BCUT2D eigenvalue weighted by molar-refractivity contribution is 5.84. The Morgan fingerprint density at radius 1 is 1.64 bits per heavy atom. The fourth-order valence-electron chi connectivity index (χ4n) is 1.07. The molecule has 0 aliphatic rings. The fraction of sp³-hybridized carbons (Fsp3) is 0.222. The smallest absolute Gasteiger partial charge is 0.0487 e. The van der Waals surface area contributed by atoms with E-state index in [1.165, 1.54) is 0 Å². The topological polar surface area (TPSA) is 17.3 Å². The molecule has 2 heteroatoms. The van der Waals surface area contributed by atoms with Crippen LogP contribution >= 0.6 is 0 Å². The number of nitrogens with zero attached hydrogens (tertiary/aromatic N) is 2. The van der Waals surface area contributed by atoms with Crippen molar-refractivity contribution in [1.29, 1.82) is 0 Å². The number of aromatic nitrogens is 1. The summed E-state index contributed by atoms with van der Waals surface area (Å²) < 4.78 is 2.02. The molecule has 0 amide bonds. The summed E-state index contributed by atoms with van der Waals surface area (Å²) in [5, 5.41) is 0. The average Bonchev–Trinajstić information content (AvgIpc) is 2.33. The first kappa shape index (κ1) is 7.79. The molecular formula is C9H12N2. The van der Waals surface area contributed by atoms with Crippen molar-refractivity contribution in [3.8, 4) is 0 Å². The summed E-state index contributed by atoms with van der Waals surface area (Å²) >= 11 is 0. The lowest BCUT2D eigenvalue weighted by atomic mass is 10.2. The summed E-state index contributed by atoms with van der Waals surface area (Å²) in [5.41, 5.74) is 2.22. The molecule has 0 aliphatic carbocycles. The van der Waals surface area contributed by atoms with E-state index in [1.54, 1.807) is 7.05 Å². The Kier molecular flexibility index (Phi) is 2.26. The van der Waals surface area contributed by atoms with Gasteiger partial charge in [-0.05, 0) is 12.1 Å². The van der Waals surface area contributed by atoms with E-state index in [2.05, 4.69) is 11.6 Å². The molecule has 1 aromatic rings. The van der Waals surface area contributed by atoms with Crippen molar-refractivity contribution >= 4 is 12.3 Å². The van der Waals surface area contributed by atoms with Gasteiger partial charge < -0.3 is 4.57 Å². The predicted octanol–water partition coefficient (Wildman–Crippen LogP) is 1.72. The maximum Gasteiger partial charge on any atom is 0.0487 e. The molecule has 11 heavy (non-hydrogen) atoms. The molecule has 0 saturated carbocycles. The molecule has 0 saturated heterocycles. The molecule has 1 heterocycles. The van der Waals surface area contributed by atoms with Gasteiger partial charge in [-0.25, -0.2) is 0 Å². The van der Waals surface area contributed by atoms with E-state index in [1.807, 2.05) is 36.2 Å². The highest BCUT2D eigenvalue weighted by Crippen LogP contribution is 2.08.